The van der Waals surface area contributed by atoms with E-state index >= 15 is 0 Å². The van der Waals surface area contributed by atoms with Crippen molar-refractivity contribution in [3.05, 3.63) is 0 Å². The molecule has 5 unspecified atom stereocenters. The van der Waals surface area contributed by atoms with Crippen LogP contribution in [-0.4, -0.2) is 29.1 Å². The normalized spacial score (nSPS) is 49.3. The first-order valence-electron chi connectivity index (χ1n) is 10.4. The Morgan fingerprint density at radius 3 is 2.58 bits per heavy atom. The summed E-state index contributed by atoms with van der Waals surface area (Å²) in [6, 6.07) is 0. The zero-order valence-electron chi connectivity index (χ0n) is 16.8. The van der Waals surface area contributed by atoms with E-state index in [1.54, 1.807) is 0 Å². The van der Waals surface area contributed by atoms with Crippen molar-refractivity contribution < 1.29 is 19.4 Å². The summed E-state index contributed by atoms with van der Waals surface area (Å²) in [6.07, 6.45) is 7.87. The van der Waals surface area contributed by atoms with Crippen LogP contribution in [0.1, 0.15) is 79.1 Å². The molecule has 0 aromatic heterocycles. The van der Waals surface area contributed by atoms with E-state index in [0.29, 0.717) is 24.0 Å². The summed E-state index contributed by atoms with van der Waals surface area (Å²) in [5.74, 6) is 1.39. The molecule has 0 aromatic carbocycles. The molecule has 0 radical (unpaired) electrons. The molecular weight excluding hydrogens is 328 g/mol. The Balaban J connectivity index is 1.64. The van der Waals surface area contributed by atoms with Crippen LogP contribution in [0.25, 0.3) is 0 Å². The van der Waals surface area contributed by atoms with E-state index < -0.39 is 5.60 Å². The van der Waals surface area contributed by atoms with Crippen LogP contribution < -0.4 is 0 Å². The molecule has 0 heterocycles. The number of hydrogen-bond acceptors (Lipinski definition) is 4. The van der Waals surface area contributed by atoms with Crippen molar-refractivity contribution in [1.82, 2.24) is 0 Å². The summed E-state index contributed by atoms with van der Waals surface area (Å²) in [7, 11) is 0. The number of ketones is 1. The van der Waals surface area contributed by atoms with Crippen molar-refractivity contribution >= 4 is 11.8 Å². The third kappa shape index (κ3) is 2.36. The van der Waals surface area contributed by atoms with Gasteiger partial charge in [-0.25, -0.2) is 0 Å². The van der Waals surface area contributed by atoms with Crippen LogP contribution in [0.4, 0.5) is 0 Å². The van der Waals surface area contributed by atoms with Crippen molar-refractivity contribution in [2.75, 3.05) is 6.61 Å². The van der Waals surface area contributed by atoms with Crippen LogP contribution >= 0.6 is 0 Å². The number of Topliss-reactive ketones (excluding diaryl/α,β-unsaturated/α-hetero) is 1. The van der Waals surface area contributed by atoms with Gasteiger partial charge in [-0.1, -0.05) is 20.8 Å². The molecule has 4 saturated carbocycles. The minimum absolute atomic E-state index is 0.144. The van der Waals surface area contributed by atoms with Crippen molar-refractivity contribution in [3.63, 3.8) is 0 Å². The van der Waals surface area contributed by atoms with E-state index in [1.165, 1.54) is 6.92 Å². The average molecular weight is 363 g/mol. The molecule has 4 aliphatic carbocycles. The Kier molecular flexibility index (Phi) is 3.95. The highest BCUT2D eigenvalue weighted by Gasteiger charge is 2.68. The number of carbonyl (C=O) groups excluding carboxylic acids is 2. The summed E-state index contributed by atoms with van der Waals surface area (Å²) < 4.78 is 5.26. The molecule has 4 nitrogen and oxygen atoms in total. The molecule has 1 spiro atoms. The molecule has 4 rings (SSSR count). The third-order valence-corrected chi connectivity index (χ3v) is 9.14. The highest BCUT2D eigenvalue weighted by Crippen LogP contribution is 2.72. The number of aliphatic hydroxyl groups is 1. The fourth-order valence-electron chi connectivity index (χ4n) is 8.04. The molecule has 146 valence electrons. The highest BCUT2D eigenvalue weighted by molar-refractivity contribution is 5.85. The largest absolute Gasteiger partial charge is 0.463 e. The van der Waals surface area contributed by atoms with Gasteiger partial charge in [0.15, 0.2) is 0 Å². The zero-order chi connectivity index (χ0) is 19.0. The standard InChI is InChI=1S/C22H34O4/c1-14(23)26-13-22(25)12-21-10-7-16-19(2,3)18(24)8-9-20(16,4)17(21)6-5-15(22)11-21/h15-17,25H,5-13H2,1-4H3/t15?,16?,17?,20?,21?,22-/m0/s1. The molecule has 0 aliphatic heterocycles. The first-order valence-corrected chi connectivity index (χ1v) is 10.4. The second-order valence-electron chi connectivity index (χ2n) is 10.7. The third-order valence-electron chi connectivity index (χ3n) is 9.14. The second kappa shape index (κ2) is 5.56. The first kappa shape index (κ1) is 18.5. The predicted octanol–water partition coefficient (Wildman–Crippen LogP) is 3.89. The highest BCUT2D eigenvalue weighted by atomic mass is 16.5. The van der Waals surface area contributed by atoms with Gasteiger partial charge < -0.3 is 9.84 Å². The van der Waals surface area contributed by atoms with Gasteiger partial charge >= 0.3 is 5.97 Å². The molecule has 0 amide bonds. The van der Waals surface area contributed by atoms with Crippen molar-refractivity contribution in [1.29, 1.82) is 0 Å². The van der Waals surface area contributed by atoms with Gasteiger partial charge in [-0.05, 0) is 73.5 Å². The lowest BCUT2D eigenvalue weighted by molar-refractivity contribution is -0.165. The molecule has 0 aromatic rings. The van der Waals surface area contributed by atoms with Gasteiger partial charge in [-0.2, -0.15) is 0 Å². The van der Waals surface area contributed by atoms with Gasteiger partial charge in [-0.15, -0.1) is 0 Å². The van der Waals surface area contributed by atoms with Crippen LogP contribution in [0.3, 0.4) is 0 Å². The van der Waals surface area contributed by atoms with E-state index in [9.17, 15) is 14.7 Å². The minimum atomic E-state index is -0.858. The van der Waals surface area contributed by atoms with Crippen LogP contribution in [0.2, 0.25) is 0 Å². The Bertz CT molecular complexity index is 640. The number of hydrogen-bond donors (Lipinski definition) is 1. The fourth-order valence-corrected chi connectivity index (χ4v) is 8.04. The molecule has 26 heavy (non-hydrogen) atoms. The van der Waals surface area contributed by atoms with Gasteiger partial charge in [0, 0.05) is 18.8 Å². The molecule has 2 bridgehead atoms. The smallest absolute Gasteiger partial charge is 0.302 e. The lowest BCUT2D eigenvalue weighted by atomic mass is 9.41. The van der Waals surface area contributed by atoms with Gasteiger partial charge in [-0.3, -0.25) is 9.59 Å². The van der Waals surface area contributed by atoms with Crippen molar-refractivity contribution in [2.45, 2.75) is 84.7 Å². The minimum Gasteiger partial charge on any atom is -0.463 e. The average Bonchev–Trinajstić information content (AvgIpc) is 2.76. The predicted molar refractivity (Wildman–Crippen MR) is 98.3 cm³/mol. The Hall–Kier alpha value is -0.900. The summed E-state index contributed by atoms with van der Waals surface area (Å²) >= 11 is 0. The topological polar surface area (TPSA) is 63.6 Å². The van der Waals surface area contributed by atoms with E-state index in [1.807, 2.05) is 0 Å². The first-order chi connectivity index (χ1) is 12.0. The molecule has 4 heteroatoms. The number of esters is 1. The molecule has 4 fully saturated rings. The van der Waals surface area contributed by atoms with Crippen molar-refractivity contribution in [3.8, 4) is 0 Å². The summed E-state index contributed by atoms with van der Waals surface area (Å²) in [6.45, 7) is 8.31. The number of fused-ring (bicyclic) bond motifs is 3. The molecule has 1 N–H and O–H groups in total. The fraction of sp³-hybridized carbons (Fsp3) is 0.909. The molecule has 0 saturated heterocycles. The molecular formula is C22H34O4. The van der Waals surface area contributed by atoms with Crippen LogP contribution in [0, 0.1) is 34.0 Å². The second-order valence-corrected chi connectivity index (χ2v) is 10.7. The summed E-state index contributed by atoms with van der Waals surface area (Å²) in [4.78, 5) is 23.9. The van der Waals surface area contributed by atoms with Crippen LogP contribution in [0.5, 0.6) is 0 Å². The van der Waals surface area contributed by atoms with Gasteiger partial charge in [0.2, 0.25) is 0 Å². The Morgan fingerprint density at radius 1 is 1.15 bits per heavy atom. The zero-order valence-corrected chi connectivity index (χ0v) is 16.8. The molecule has 4 aliphatic rings. The SMILES string of the molecule is CC(=O)OC[C@@]1(O)CC23CCC4C(C)(C)C(=O)CCC4(C)C2CCC1C3. The van der Waals surface area contributed by atoms with Crippen molar-refractivity contribution in [2.24, 2.45) is 34.0 Å². The van der Waals surface area contributed by atoms with Gasteiger partial charge in [0.1, 0.15) is 18.0 Å². The maximum atomic E-state index is 12.6. The van der Waals surface area contributed by atoms with Crippen LogP contribution in [-0.2, 0) is 14.3 Å². The lowest BCUT2D eigenvalue weighted by Crippen LogP contribution is -2.58. The number of carbonyl (C=O) groups is 2. The molecule has 6 atom stereocenters. The Labute approximate surface area is 157 Å². The monoisotopic (exact) mass is 362 g/mol. The maximum Gasteiger partial charge on any atom is 0.302 e. The Morgan fingerprint density at radius 2 is 1.88 bits per heavy atom. The van der Waals surface area contributed by atoms with Gasteiger partial charge in [0.25, 0.3) is 0 Å². The lowest BCUT2D eigenvalue weighted by Gasteiger charge is -2.63. The number of rotatable bonds is 2. The summed E-state index contributed by atoms with van der Waals surface area (Å²) in [5.41, 5.74) is -0.728. The van der Waals surface area contributed by atoms with E-state index in [-0.39, 0.29) is 34.7 Å². The van der Waals surface area contributed by atoms with Crippen LogP contribution in [0.15, 0.2) is 0 Å². The number of ether oxygens (including phenoxy) is 1. The van der Waals surface area contributed by atoms with E-state index in [2.05, 4.69) is 20.8 Å². The summed E-state index contributed by atoms with van der Waals surface area (Å²) in [5, 5.41) is 11.3. The van der Waals surface area contributed by atoms with E-state index in [4.69, 9.17) is 4.74 Å². The quantitative estimate of drug-likeness (QED) is 0.757. The van der Waals surface area contributed by atoms with E-state index in [0.717, 1.165) is 44.9 Å². The maximum absolute atomic E-state index is 12.6. The van der Waals surface area contributed by atoms with Gasteiger partial charge in [0.05, 0.1) is 0 Å².